The molecule has 2 nitrogen and oxygen atoms in total. The second-order valence-electron chi connectivity index (χ2n) is 6.49. The first-order valence-corrected chi connectivity index (χ1v) is 9.58. The van der Waals surface area contributed by atoms with Crippen LogP contribution in [0, 0.1) is 0 Å². The van der Waals surface area contributed by atoms with Crippen molar-refractivity contribution in [1.82, 2.24) is 0 Å². The Morgan fingerprint density at radius 3 is 2.52 bits per heavy atom. The summed E-state index contributed by atoms with van der Waals surface area (Å²) in [6.07, 6.45) is 1.56. The van der Waals surface area contributed by atoms with Crippen molar-refractivity contribution in [2.45, 2.75) is 39.0 Å². The second-order valence-corrected chi connectivity index (χ2v) is 7.96. The fourth-order valence-electron chi connectivity index (χ4n) is 2.31. The lowest BCUT2D eigenvalue weighted by atomic mass is 9.97. The zero-order valence-electron chi connectivity index (χ0n) is 14.0. The summed E-state index contributed by atoms with van der Waals surface area (Å²) >= 11 is 3.97. The average Bonchev–Trinajstić information content (AvgIpc) is 2.86. The van der Waals surface area contributed by atoms with Gasteiger partial charge >= 0.3 is 12.1 Å². The fourth-order valence-corrected chi connectivity index (χ4v) is 3.60. The Morgan fingerprint density at radius 1 is 1.32 bits per heavy atom. The average molecular weight is 435 g/mol. The van der Waals surface area contributed by atoms with E-state index in [2.05, 4.69) is 15.9 Å². The maximum atomic E-state index is 12.9. The Kier molecular flexibility index (Phi) is 5.99. The van der Waals surface area contributed by atoms with Crippen LogP contribution >= 0.6 is 27.3 Å². The number of halogens is 4. The molecule has 1 heterocycles. The van der Waals surface area contributed by atoms with Crippen molar-refractivity contribution in [2.75, 3.05) is 5.33 Å². The molecular weight excluding hydrogens is 417 g/mol. The fraction of sp³-hybridized carbons (Fsp3) is 0.389. The molecule has 25 heavy (non-hydrogen) atoms. The van der Waals surface area contributed by atoms with Gasteiger partial charge in [-0.05, 0) is 55.3 Å². The predicted molar refractivity (Wildman–Crippen MR) is 97.7 cm³/mol. The molecule has 0 saturated carbocycles. The first kappa shape index (κ1) is 20.0. The van der Waals surface area contributed by atoms with Gasteiger partial charge < -0.3 is 4.74 Å². The number of alkyl halides is 4. The molecule has 1 aliphatic carbocycles. The minimum Gasteiger partial charge on any atom is -0.456 e. The molecule has 136 valence electrons. The highest BCUT2D eigenvalue weighted by atomic mass is 79.9. The maximum absolute atomic E-state index is 12.9. The predicted octanol–water partition coefficient (Wildman–Crippen LogP) is 6.14. The molecule has 0 spiro atoms. The van der Waals surface area contributed by atoms with Crippen molar-refractivity contribution in [3.05, 3.63) is 51.3 Å². The number of carbonyl (C=O) groups excluding carboxylic acids is 1. The van der Waals surface area contributed by atoms with E-state index in [9.17, 15) is 18.0 Å². The summed E-state index contributed by atoms with van der Waals surface area (Å²) in [6, 6.07) is 1.08. The van der Waals surface area contributed by atoms with Gasteiger partial charge in [0.2, 0.25) is 0 Å². The van der Waals surface area contributed by atoms with Crippen LogP contribution in [0.5, 0.6) is 0 Å². The molecule has 0 radical (unpaired) electrons. The highest BCUT2D eigenvalue weighted by molar-refractivity contribution is 9.09. The van der Waals surface area contributed by atoms with Gasteiger partial charge in [0.1, 0.15) is 10.5 Å². The van der Waals surface area contributed by atoms with Gasteiger partial charge in [0.15, 0.2) is 0 Å². The zero-order valence-corrected chi connectivity index (χ0v) is 16.4. The molecule has 0 fully saturated rings. The van der Waals surface area contributed by atoms with Gasteiger partial charge in [-0.25, -0.2) is 4.79 Å². The summed E-state index contributed by atoms with van der Waals surface area (Å²) in [5.41, 5.74) is 1.11. The maximum Gasteiger partial charge on any atom is 0.425 e. The second kappa shape index (κ2) is 7.50. The van der Waals surface area contributed by atoms with E-state index in [1.807, 2.05) is 12.2 Å². The van der Waals surface area contributed by atoms with Gasteiger partial charge in [0, 0.05) is 5.33 Å². The van der Waals surface area contributed by atoms with E-state index >= 15 is 0 Å². The molecule has 0 amide bonds. The minimum atomic E-state index is -4.40. The number of allylic oxidation sites excluding steroid dienone is 4. The molecule has 0 saturated heterocycles. The third-order valence-corrected chi connectivity index (χ3v) is 4.89. The van der Waals surface area contributed by atoms with Crippen LogP contribution in [0.3, 0.4) is 0 Å². The number of thiophene rings is 1. The van der Waals surface area contributed by atoms with Crippen molar-refractivity contribution in [1.29, 1.82) is 0 Å². The van der Waals surface area contributed by atoms with Gasteiger partial charge in [-0.1, -0.05) is 34.2 Å². The molecule has 1 aromatic rings. The SMILES string of the molecule is CC(C)(C)OC(=O)C1=C(c2csc(C(F)(F)F)c2)C=CCC=C1CBr. The molecule has 1 aromatic heterocycles. The molecule has 0 bridgehead atoms. The molecule has 0 aliphatic heterocycles. The van der Waals surface area contributed by atoms with Gasteiger partial charge in [0.25, 0.3) is 0 Å². The standard InChI is InChI=1S/C18H18BrF3O2S/c1-17(2,3)24-16(23)15-11(9-19)6-4-5-7-13(15)12-8-14(25-10-12)18(20,21)22/h5-8,10H,4,9H2,1-3H3. The lowest BCUT2D eigenvalue weighted by molar-refractivity contribution is -0.149. The number of esters is 1. The van der Waals surface area contributed by atoms with E-state index in [1.165, 1.54) is 5.38 Å². The van der Waals surface area contributed by atoms with E-state index in [-0.39, 0.29) is 0 Å². The topological polar surface area (TPSA) is 26.3 Å². The van der Waals surface area contributed by atoms with Crippen LogP contribution in [-0.2, 0) is 15.7 Å². The van der Waals surface area contributed by atoms with Crippen molar-refractivity contribution >= 4 is 38.8 Å². The van der Waals surface area contributed by atoms with Crippen LogP contribution < -0.4 is 0 Å². The monoisotopic (exact) mass is 434 g/mol. The number of hydrogen-bond donors (Lipinski definition) is 0. The zero-order chi connectivity index (χ0) is 18.8. The van der Waals surface area contributed by atoms with E-state index in [0.29, 0.717) is 45.4 Å². The van der Waals surface area contributed by atoms with Gasteiger partial charge in [-0.3, -0.25) is 0 Å². The van der Waals surface area contributed by atoms with Crippen LogP contribution in [0.15, 0.2) is 40.8 Å². The summed E-state index contributed by atoms with van der Waals surface area (Å²) in [6.45, 7) is 5.25. The van der Waals surface area contributed by atoms with Crippen LogP contribution in [0.25, 0.3) is 5.57 Å². The Bertz CT molecular complexity index is 749. The summed E-state index contributed by atoms with van der Waals surface area (Å²) in [5, 5.41) is 1.83. The number of rotatable bonds is 3. The minimum absolute atomic E-state index is 0.298. The third-order valence-electron chi connectivity index (χ3n) is 3.31. The Labute approximate surface area is 157 Å². The lowest BCUT2D eigenvalue weighted by Crippen LogP contribution is -2.26. The van der Waals surface area contributed by atoms with E-state index in [4.69, 9.17) is 4.74 Å². The third kappa shape index (κ3) is 5.07. The van der Waals surface area contributed by atoms with Gasteiger partial charge in [0.05, 0.1) is 5.57 Å². The van der Waals surface area contributed by atoms with Crippen molar-refractivity contribution < 1.29 is 22.7 Å². The van der Waals surface area contributed by atoms with Gasteiger partial charge in [-0.2, -0.15) is 13.2 Å². The molecular formula is C18H18BrF3O2S. The van der Waals surface area contributed by atoms with Crippen molar-refractivity contribution in [3.63, 3.8) is 0 Å². The lowest BCUT2D eigenvalue weighted by Gasteiger charge is -2.22. The summed E-state index contributed by atoms with van der Waals surface area (Å²) < 4.78 is 44.3. The number of carbonyl (C=O) groups is 1. The summed E-state index contributed by atoms with van der Waals surface area (Å²) in [5.74, 6) is -0.542. The summed E-state index contributed by atoms with van der Waals surface area (Å²) in [7, 11) is 0. The van der Waals surface area contributed by atoms with Crippen molar-refractivity contribution in [3.8, 4) is 0 Å². The molecule has 0 atom stereocenters. The Balaban J connectivity index is 2.59. The number of hydrogen-bond acceptors (Lipinski definition) is 3. The van der Waals surface area contributed by atoms with E-state index in [0.717, 1.165) is 6.07 Å². The Morgan fingerprint density at radius 2 is 2.00 bits per heavy atom. The first-order chi connectivity index (χ1) is 11.5. The van der Waals surface area contributed by atoms with E-state index < -0.39 is 22.6 Å². The molecule has 0 aromatic carbocycles. The smallest absolute Gasteiger partial charge is 0.425 e. The number of ether oxygens (including phenoxy) is 1. The largest absolute Gasteiger partial charge is 0.456 e. The molecule has 2 rings (SSSR count). The van der Waals surface area contributed by atoms with Crippen LogP contribution in [0.4, 0.5) is 13.2 Å². The quantitative estimate of drug-likeness (QED) is 0.421. The normalized spacial score (nSPS) is 15.9. The molecule has 0 N–H and O–H groups in total. The van der Waals surface area contributed by atoms with E-state index in [1.54, 1.807) is 26.8 Å². The molecule has 1 aliphatic rings. The van der Waals surface area contributed by atoms with Crippen molar-refractivity contribution in [2.24, 2.45) is 0 Å². The van der Waals surface area contributed by atoms with Crippen LogP contribution in [0.1, 0.15) is 37.6 Å². The van der Waals surface area contributed by atoms with Crippen LogP contribution in [-0.4, -0.2) is 16.9 Å². The first-order valence-electron chi connectivity index (χ1n) is 7.58. The van der Waals surface area contributed by atoms with Crippen LogP contribution in [0.2, 0.25) is 0 Å². The highest BCUT2D eigenvalue weighted by Crippen LogP contribution is 2.38. The van der Waals surface area contributed by atoms with Gasteiger partial charge in [-0.15, -0.1) is 11.3 Å². The molecule has 7 heteroatoms. The Hall–Kier alpha value is -1.34. The highest BCUT2D eigenvalue weighted by Gasteiger charge is 2.33. The molecule has 0 unspecified atom stereocenters. The summed E-state index contributed by atoms with van der Waals surface area (Å²) in [4.78, 5) is 12.0.